The Balaban J connectivity index is 2.01. The summed E-state index contributed by atoms with van der Waals surface area (Å²) in [5.41, 5.74) is 2.82. The Bertz CT molecular complexity index is 724. The summed E-state index contributed by atoms with van der Waals surface area (Å²) in [5.74, 6) is -0.0628. The summed E-state index contributed by atoms with van der Waals surface area (Å²) < 4.78 is 0. The Hall–Kier alpha value is -2.31. The van der Waals surface area contributed by atoms with Crippen molar-refractivity contribution in [2.75, 3.05) is 16.0 Å². The van der Waals surface area contributed by atoms with Crippen LogP contribution in [0.2, 0.25) is 5.02 Å². The highest BCUT2D eigenvalue weighted by atomic mass is 35.5. The number of anilines is 3. The topological polar surface area (TPSA) is 73.4 Å². The second-order valence-corrected chi connectivity index (χ2v) is 5.78. The molecule has 0 aliphatic heterocycles. The van der Waals surface area contributed by atoms with Gasteiger partial charge in [-0.3, -0.25) is 4.79 Å². The lowest BCUT2D eigenvalue weighted by Gasteiger charge is -2.13. The molecular formula is C16H16ClN3O2S. The number of benzene rings is 2. The maximum atomic E-state index is 11.0. The van der Waals surface area contributed by atoms with Gasteiger partial charge in [0.2, 0.25) is 5.91 Å². The maximum Gasteiger partial charge on any atom is 0.221 e. The van der Waals surface area contributed by atoms with E-state index in [0.29, 0.717) is 22.1 Å². The first kappa shape index (κ1) is 17.1. The molecule has 0 atom stereocenters. The molecule has 0 aliphatic carbocycles. The summed E-state index contributed by atoms with van der Waals surface area (Å²) in [6.07, 6.45) is 0. The normalized spacial score (nSPS) is 10.0. The van der Waals surface area contributed by atoms with Crippen LogP contribution in [0.5, 0.6) is 5.75 Å². The number of halogens is 1. The molecule has 0 heterocycles. The Morgan fingerprint density at radius 2 is 1.57 bits per heavy atom. The second-order valence-electron chi connectivity index (χ2n) is 4.96. The average molecular weight is 350 g/mol. The van der Waals surface area contributed by atoms with Gasteiger partial charge in [-0.05, 0) is 61.1 Å². The van der Waals surface area contributed by atoms with Gasteiger partial charge in [0.05, 0.1) is 5.02 Å². The van der Waals surface area contributed by atoms with Crippen molar-refractivity contribution in [2.45, 2.75) is 13.8 Å². The summed E-state index contributed by atoms with van der Waals surface area (Å²) >= 11 is 11.2. The van der Waals surface area contributed by atoms with Gasteiger partial charge in [-0.15, -0.1) is 0 Å². The summed E-state index contributed by atoms with van der Waals surface area (Å²) in [4.78, 5) is 11.0. The highest BCUT2D eigenvalue weighted by Gasteiger charge is 2.06. The van der Waals surface area contributed by atoms with Crippen LogP contribution in [-0.4, -0.2) is 16.1 Å². The SMILES string of the molecule is CC(=O)Nc1ccc(NC(=S)Nc2cc(C)c(O)c(Cl)c2)cc1. The molecule has 0 spiro atoms. The number of phenols is 1. The molecule has 120 valence electrons. The standard InChI is InChI=1S/C16H16ClN3O2S/c1-9-7-13(8-14(17)15(9)22)20-16(23)19-12-5-3-11(4-6-12)18-10(2)21/h3-8,22H,1-2H3,(H,18,21)(H2,19,20,23). The molecule has 0 unspecified atom stereocenters. The van der Waals surface area contributed by atoms with Crippen LogP contribution in [0.15, 0.2) is 36.4 Å². The summed E-state index contributed by atoms with van der Waals surface area (Å²) in [7, 11) is 0. The molecule has 0 saturated carbocycles. The van der Waals surface area contributed by atoms with Crippen molar-refractivity contribution < 1.29 is 9.90 Å². The van der Waals surface area contributed by atoms with Crippen LogP contribution in [0.3, 0.4) is 0 Å². The zero-order valence-electron chi connectivity index (χ0n) is 12.6. The smallest absolute Gasteiger partial charge is 0.221 e. The predicted octanol–water partition coefficient (Wildman–Crippen LogP) is 4.12. The third-order valence-electron chi connectivity index (χ3n) is 2.97. The lowest BCUT2D eigenvalue weighted by molar-refractivity contribution is -0.114. The van der Waals surface area contributed by atoms with Gasteiger partial charge in [-0.2, -0.15) is 0 Å². The van der Waals surface area contributed by atoms with Gasteiger partial charge < -0.3 is 21.1 Å². The molecule has 0 aliphatic rings. The van der Waals surface area contributed by atoms with Crippen molar-refractivity contribution in [3.8, 4) is 5.75 Å². The Labute approximate surface area is 144 Å². The molecule has 5 nitrogen and oxygen atoms in total. The van der Waals surface area contributed by atoms with Crippen LogP contribution >= 0.6 is 23.8 Å². The minimum Gasteiger partial charge on any atom is -0.506 e. The number of aryl methyl sites for hydroxylation is 1. The first-order valence-corrected chi connectivity index (χ1v) is 7.58. The van der Waals surface area contributed by atoms with Crippen LogP contribution in [0.25, 0.3) is 0 Å². The minimum atomic E-state index is -0.123. The van der Waals surface area contributed by atoms with Crippen molar-refractivity contribution in [1.29, 1.82) is 0 Å². The first-order valence-electron chi connectivity index (χ1n) is 6.80. The third-order valence-corrected chi connectivity index (χ3v) is 3.47. The Morgan fingerprint density at radius 3 is 2.09 bits per heavy atom. The zero-order chi connectivity index (χ0) is 17.0. The van der Waals surface area contributed by atoms with Crippen LogP contribution in [0.4, 0.5) is 17.1 Å². The van der Waals surface area contributed by atoms with Crippen molar-refractivity contribution in [3.63, 3.8) is 0 Å². The van der Waals surface area contributed by atoms with E-state index in [0.717, 1.165) is 5.69 Å². The monoisotopic (exact) mass is 349 g/mol. The van der Waals surface area contributed by atoms with Crippen molar-refractivity contribution in [1.82, 2.24) is 0 Å². The molecule has 0 fully saturated rings. The molecule has 0 saturated heterocycles. The fourth-order valence-electron chi connectivity index (χ4n) is 1.94. The fraction of sp³-hybridized carbons (Fsp3) is 0.125. The highest BCUT2D eigenvalue weighted by molar-refractivity contribution is 7.80. The van der Waals surface area contributed by atoms with E-state index in [1.54, 1.807) is 43.3 Å². The lowest BCUT2D eigenvalue weighted by atomic mass is 10.2. The lowest BCUT2D eigenvalue weighted by Crippen LogP contribution is -2.19. The number of thiocarbonyl (C=S) groups is 1. The molecule has 4 N–H and O–H groups in total. The predicted molar refractivity (Wildman–Crippen MR) is 98.4 cm³/mol. The highest BCUT2D eigenvalue weighted by Crippen LogP contribution is 2.30. The molecule has 2 rings (SSSR count). The molecule has 1 amide bonds. The summed E-state index contributed by atoms with van der Waals surface area (Å²) in [6, 6.07) is 10.5. The number of rotatable bonds is 3. The van der Waals surface area contributed by atoms with Gasteiger partial charge >= 0.3 is 0 Å². The van der Waals surface area contributed by atoms with E-state index in [1.165, 1.54) is 6.92 Å². The maximum absolute atomic E-state index is 11.0. The minimum absolute atomic E-state index is 0.0599. The first-order chi connectivity index (χ1) is 10.8. The van der Waals surface area contributed by atoms with Gasteiger partial charge in [0.1, 0.15) is 5.75 Å². The number of hydrogen-bond acceptors (Lipinski definition) is 3. The quantitative estimate of drug-likeness (QED) is 0.495. The number of hydrogen-bond donors (Lipinski definition) is 4. The van der Waals surface area contributed by atoms with E-state index in [-0.39, 0.29) is 16.7 Å². The number of amides is 1. The molecule has 0 bridgehead atoms. The van der Waals surface area contributed by atoms with Crippen LogP contribution in [-0.2, 0) is 4.79 Å². The molecule has 7 heteroatoms. The number of aromatic hydroxyl groups is 1. The van der Waals surface area contributed by atoms with Gasteiger partial charge in [-0.1, -0.05) is 11.6 Å². The van der Waals surface area contributed by atoms with Crippen molar-refractivity contribution in [3.05, 3.63) is 47.0 Å². The Morgan fingerprint density at radius 1 is 1.04 bits per heavy atom. The Kier molecular flexibility index (Phi) is 5.41. The number of nitrogens with one attached hydrogen (secondary N) is 3. The molecule has 23 heavy (non-hydrogen) atoms. The van der Waals surface area contributed by atoms with E-state index in [4.69, 9.17) is 23.8 Å². The van der Waals surface area contributed by atoms with Gasteiger partial charge in [-0.25, -0.2) is 0 Å². The van der Waals surface area contributed by atoms with E-state index in [9.17, 15) is 9.90 Å². The number of phenolic OH excluding ortho intramolecular Hbond substituents is 1. The van der Waals surface area contributed by atoms with Crippen molar-refractivity contribution >= 4 is 51.9 Å². The molecule has 0 radical (unpaired) electrons. The fourth-order valence-corrected chi connectivity index (χ4v) is 2.44. The largest absolute Gasteiger partial charge is 0.506 e. The summed E-state index contributed by atoms with van der Waals surface area (Å²) in [5, 5.41) is 19.0. The van der Waals surface area contributed by atoms with Gasteiger partial charge in [0.25, 0.3) is 0 Å². The van der Waals surface area contributed by atoms with E-state index in [1.807, 2.05) is 0 Å². The number of carbonyl (C=O) groups excluding carboxylic acids is 1. The zero-order valence-corrected chi connectivity index (χ0v) is 14.2. The van der Waals surface area contributed by atoms with E-state index < -0.39 is 0 Å². The molecule has 2 aromatic rings. The van der Waals surface area contributed by atoms with Crippen molar-refractivity contribution in [2.24, 2.45) is 0 Å². The number of carbonyl (C=O) groups is 1. The molecule has 2 aromatic carbocycles. The van der Waals surface area contributed by atoms with E-state index in [2.05, 4.69) is 16.0 Å². The summed E-state index contributed by atoms with van der Waals surface area (Å²) in [6.45, 7) is 3.21. The molecule has 0 aromatic heterocycles. The second kappa shape index (κ2) is 7.30. The molecular weight excluding hydrogens is 334 g/mol. The van der Waals surface area contributed by atoms with Gasteiger partial charge in [0.15, 0.2) is 5.11 Å². The average Bonchev–Trinajstić information content (AvgIpc) is 2.46. The van der Waals surface area contributed by atoms with E-state index >= 15 is 0 Å². The van der Waals surface area contributed by atoms with Crippen LogP contribution < -0.4 is 16.0 Å². The third kappa shape index (κ3) is 4.84. The van der Waals surface area contributed by atoms with Crippen LogP contribution in [0.1, 0.15) is 12.5 Å². The van der Waals surface area contributed by atoms with Crippen LogP contribution in [0, 0.1) is 6.92 Å². The van der Waals surface area contributed by atoms with Gasteiger partial charge in [0, 0.05) is 24.0 Å².